The van der Waals surface area contributed by atoms with Crippen LogP contribution < -0.4 is 0 Å². The monoisotopic (exact) mass is 292 g/mol. The van der Waals surface area contributed by atoms with E-state index in [1.807, 2.05) is 24.0 Å². The zero-order valence-electron chi connectivity index (χ0n) is 12.9. The molecule has 3 heterocycles. The minimum Gasteiger partial charge on any atom is -0.465 e. The normalized spacial score (nSPS) is 26.4. The van der Waals surface area contributed by atoms with E-state index in [1.165, 1.54) is 0 Å². The summed E-state index contributed by atoms with van der Waals surface area (Å²) in [5.74, 6) is 2.92. The fraction of sp³-hybridized carbons (Fsp3) is 0.688. The maximum atomic E-state index is 12.5. The van der Waals surface area contributed by atoms with E-state index in [-0.39, 0.29) is 5.92 Å². The van der Waals surface area contributed by atoms with E-state index < -0.39 is 0 Å². The molecule has 21 heavy (non-hydrogen) atoms. The van der Waals surface area contributed by atoms with Crippen LogP contribution in [0.25, 0.3) is 0 Å². The van der Waals surface area contributed by atoms with Crippen LogP contribution in [0.1, 0.15) is 17.9 Å². The highest BCUT2D eigenvalue weighted by atomic mass is 16.5. The van der Waals surface area contributed by atoms with Gasteiger partial charge in [-0.05, 0) is 31.4 Å². The first-order chi connectivity index (χ1) is 10.2. The van der Waals surface area contributed by atoms with Gasteiger partial charge in [-0.25, -0.2) is 0 Å². The van der Waals surface area contributed by atoms with Gasteiger partial charge in [0.05, 0.1) is 19.1 Å². The van der Waals surface area contributed by atoms with Crippen LogP contribution in [0, 0.1) is 18.8 Å². The summed E-state index contributed by atoms with van der Waals surface area (Å²) in [4.78, 5) is 16.9. The average Bonchev–Trinajstić information content (AvgIpc) is 3.05. The topological polar surface area (TPSA) is 45.9 Å². The Morgan fingerprint density at radius 3 is 2.95 bits per heavy atom. The van der Waals surface area contributed by atoms with Crippen molar-refractivity contribution in [2.75, 3.05) is 39.9 Å². The van der Waals surface area contributed by atoms with Gasteiger partial charge in [0.15, 0.2) is 0 Å². The molecule has 0 unspecified atom stereocenters. The van der Waals surface area contributed by atoms with E-state index in [1.54, 1.807) is 7.11 Å². The smallest absolute Gasteiger partial charge is 0.227 e. The van der Waals surface area contributed by atoms with Crippen molar-refractivity contribution in [1.82, 2.24) is 9.80 Å². The van der Waals surface area contributed by atoms with Gasteiger partial charge < -0.3 is 14.1 Å². The quantitative estimate of drug-likeness (QED) is 0.825. The van der Waals surface area contributed by atoms with E-state index in [0.29, 0.717) is 18.4 Å². The number of nitrogens with zero attached hydrogens (tertiary/aromatic N) is 2. The number of methoxy groups -OCH3 is 1. The first-order valence-corrected chi connectivity index (χ1v) is 7.73. The van der Waals surface area contributed by atoms with Crippen molar-refractivity contribution in [2.45, 2.75) is 19.9 Å². The second kappa shape index (κ2) is 6.20. The van der Waals surface area contributed by atoms with Crippen LogP contribution in [-0.2, 0) is 16.1 Å². The van der Waals surface area contributed by atoms with Crippen molar-refractivity contribution in [3.8, 4) is 0 Å². The second-order valence-corrected chi connectivity index (χ2v) is 6.18. The fourth-order valence-electron chi connectivity index (χ4n) is 3.54. The largest absolute Gasteiger partial charge is 0.465 e. The van der Waals surface area contributed by atoms with Crippen molar-refractivity contribution in [2.24, 2.45) is 11.8 Å². The van der Waals surface area contributed by atoms with Crippen molar-refractivity contribution in [3.63, 3.8) is 0 Å². The number of amides is 1. The molecule has 116 valence electrons. The molecule has 0 radical (unpaired) electrons. The molecule has 2 aliphatic heterocycles. The van der Waals surface area contributed by atoms with Crippen molar-refractivity contribution in [3.05, 3.63) is 23.7 Å². The van der Waals surface area contributed by atoms with Gasteiger partial charge in [0.2, 0.25) is 5.91 Å². The van der Waals surface area contributed by atoms with Crippen LogP contribution in [0.15, 0.2) is 16.5 Å². The summed E-state index contributed by atoms with van der Waals surface area (Å²) in [6.07, 6.45) is 1.10. The Morgan fingerprint density at radius 1 is 1.38 bits per heavy atom. The van der Waals surface area contributed by atoms with Gasteiger partial charge in [-0.3, -0.25) is 9.69 Å². The predicted molar refractivity (Wildman–Crippen MR) is 78.8 cm³/mol. The Balaban J connectivity index is 1.58. The molecule has 5 nitrogen and oxygen atoms in total. The van der Waals surface area contributed by atoms with Crippen LogP contribution in [0.2, 0.25) is 0 Å². The molecule has 0 aliphatic carbocycles. The summed E-state index contributed by atoms with van der Waals surface area (Å²) in [6.45, 7) is 6.85. The summed E-state index contributed by atoms with van der Waals surface area (Å²) < 4.78 is 10.7. The van der Waals surface area contributed by atoms with Crippen molar-refractivity contribution in [1.29, 1.82) is 0 Å². The Hall–Kier alpha value is -1.33. The number of aryl methyl sites for hydroxylation is 1. The van der Waals surface area contributed by atoms with Crippen molar-refractivity contribution >= 4 is 5.91 Å². The lowest BCUT2D eigenvalue weighted by Crippen LogP contribution is -2.46. The van der Waals surface area contributed by atoms with Gasteiger partial charge in [0.1, 0.15) is 11.5 Å². The third kappa shape index (κ3) is 3.14. The highest BCUT2D eigenvalue weighted by molar-refractivity contribution is 5.80. The van der Waals surface area contributed by atoms with Gasteiger partial charge in [0.25, 0.3) is 0 Å². The number of rotatable bonds is 5. The van der Waals surface area contributed by atoms with Crippen LogP contribution in [-0.4, -0.2) is 55.6 Å². The molecule has 0 N–H and O–H groups in total. The van der Waals surface area contributed by atoms with Crippen LogP contribution >= 0.6 is 0 Å². The molecule has 1 amide bonds. The Kier molecular flexibility index (Phi) is 4.31. The molecule has 0 spiro atoms. The molecule has 5 heteroatoms. The lowest BCUT2D eigenvalue weighted by atomic mass is 9.88. The molecule has 0 aromatic carbocycles. The summed E-state index contributed by atoms with van der Waals surface area (Å²) in [6, 6.07) is 4.03. The number of ether oxygens (including phenoxy) is 1. The number of carbonyl (C=O) groups excluding carboxylic acids is 1. The molecule has 3 rings (SSSR count). The minimum atomic E-state index is 0.159. The zero-order chi connectivity index (χ0) is 14.8. The Morgan fingerprint density at radius 2 is 2.24 bits per heavy atom. The molecule has 2 aliphatic rings. The fourth-order valence-corrected chi connectivity index (χ4v) is 3.54. The standard InChI is InChI=1S/C16H24N2O3/c1-12-3-4-14(21-12)10-17-9-13-5-6-18(7-8-20-2)16(19)15(13)11-17/h3-4,13,15H,5-11H2,1-2H3/t13-,15-/m1/s1. The maximum Gasteiger partial charge on any atom is 0.227 e. The predicted octanol–water partition coefficient (Wildman–Crippen LogP) is 1.51. The summed E-state index contributed by atoms with van der Waals surface area (Å²) in [5, 5.41) is 0. The first kappa shape index (κ1) is 14.6. The lowest BCUT2D eigenvalue weighted by Gasteiger charge is -2.33. The van der Waals surface area contributed by atoms with Crippen LogP contribution in [0.3, 0.4) is 0 Å². The number of furan rings is 1. The highest BCUT2D eigenvalue weighted by Gasteiger charge is 2.42. The lowest BCUT2D eigenvalue weighted by molar-refractivity contribution is -0.140. The number of likely N-dealkylation sites (tertiary alicyclic amines) is 2. The number of hydrogen-bond donors (Lipinski definition) is 0. The van der Waals surface area contributed by atoms with Gasteiger partial charge in [-0.15, -0.1) is 0 Å². The molecular formula is C16H24N2O3. The molecule has 0 bridgehead atoms. The number of fused-ring (bicyclic) bond motifs is 1. The third-order valence-electron chi connectivity index (χ3n) is 4.66. The van der Waals surface area contributed by atoms with Gasteiger partial charge in [-0.2, -0.15) is 0 Å². The summed E-state index contributed by atoms with van der Waals surface area (Å²) in [7, 11) is 1.68. The number of piperidine rings is 1. The van der Waals surface area contributed by atoms with E-state index in [0.717, 1.165) is 50.7 Å². The van der Waals surface area contributed by atoms with E-state index in [2.05, 4.69) is 4.90 Å². The number of hydrogen-bond acceptors (Lipinski definition) is 4. The Bertz CT molecular complexity index is 499. The Labute approximate surface area is 125 Å². The van der Waals surface area contributed by atoms with E-state index in [9.17, 15) is 4.79 Å². The molecule has 2 fully saturated rings. The minimum absolute atomic E-state index is 0.159. The van der Waals surface area contributed by atoms with Crippen molar-refractivity contribution < 1.29 is 13.9 Å². The second-order valence-electron chi connectivity index (χ2n) is 6.18. The third-order valence-corrected chi connectivity index (χ3v) is 4.66. The first-order valence-electron chi connectivity index (χ1n) is 7.73. The van der Waals surface area contributed by atoms with Gasteiger partial charge in [-0.1, -0.05) is 0 Å². The summed E-state index contributed by atoms with van der Waals surface area (Å²) >= 11 is 0. The maximum absolute atomic E-state index is 12.5. The molecule has 1 aromatic rings. The average molecular weight is 292 g/mol. The van der Waals surface area contributed by atoms with Crippen LogP contribution in [0.4, 0.5) is 0 Å². The number of carbonyl (C=O) groups is 1. The van der Waals surface area contributed by atoms with E-state index in [4.69, 9.17) is 9.15 Å². The summed E-state index contributed by atoms with van der Waals surface area (Å²) in [5.41, 5.74) is 0. The van der Waals surface area contributed by atoms with E-state index >= 15 is 0 Å². The molecule has 2 atom stereocenters. The molecule has 2 saturated heterocycles. The van der Waals surface area contributed by atoms with Gasteiger partial charge >= 0.3 is 0 Å². The highest BCUT2D eigenvalue weighted by Crippen LogP contribution is 2.32. The molecular weight excluding hydrogens is 268 g/mol. The molecule has 1 aromatic heterocycles. The molecule has 0 saturated carbocycles. The zero-order valence-corrected chi connectivity index (χ0v) is 12.9. The van der Waals surface area contributed by atoms with Gasteiger partial charge in [0, 0.05) is 33.3 Å². The SMILES string of the molecule is COCCN1CC[C@@H]2CN(Cc3ccc(C)o3)C[C@H]2C1=O. The van der Waals surface area contributed by atoms with Crippen LogP contribution in [0.5, 0.6) is 0 Å².